The first kappa shape index (κ1) is 20.5. The molecule has 6 heteroatoms. The van der Waals surface area contributed by atoms with E-state index < -0.39 is 0 Å². The van der Waals surface area contributed by atoms with Crippen LogP contribution in [0.3, 0.4) is 0 Å². The molecule has 2 heterocycles. The second-order valence-corrected chi connectivity index (χ2v) is 8.03. The maximum atomic E-state index is 13.1. The number of carbonyl (C=O) groups is 1. The molecule has 0 saturated carbocycles. The van der Waals surface area contributed by atoms with Crippen molar-refractivity contribution >= 4 is 11.6 Å². The van der Waals surface area contributed by atoms with Gasteiger partial charge in [0.1, 0.15) is 5.82 Å². The molecule has 1 saturated heterocycles. The van der Waals surface area contributed by atoms with E-state index in [2.05, 4.69) is 4.90 Å². The van der Waals surface area contributed by atoms with Crippen LogP contribution in [-0.4, -0.2) is 50.2 Å². The van der Waals surface area contributed by atoms with Crippen LogP contribution in [0.2, 0.25) is 0 Å². The molecule has 5 nitrogen and oxygen atoms in total. The van der Waals surface area contributed by atoms with Gasteiger partial charge in [0.15, 0.2) is 11.5 Å². The molecule has 1 amide bonds. The number of hydrogen-bond donors (Lipinski definition) is 0. The van der Waals surface area contributed by atoms with Crippen LogP contribution in [0.25, 0.3) is 0 Å². The summed E-state index contributed by atoms with van der Waals surface area (Å²) in [5.74, 6) is 1.52. The molecule has 2 aliphatic heterocycles. The highest BCUT2D eigenvalue weighted by Crippen LogP contribution is 2.31. The van der Waals surface area contributed by atoms with Gasteiger partial charge in [-0.1, -0.05) is 6.07 Å². The molecule has 160 valence electrons. The maximum Gasteiger partial charge on any atom is 0.222 e. The predicted molar refractivity (Wildman–Crippen MR) is 115 cm³/mol. The van der Waals surface area contributed by atoms with Gasteiger partial charge in [0.25, 0.3) is 0 Å². The fraction of sp³-hybridized carbons (Fsp3) is 0.458. The molecular formula is C24H29FN2O3. The Labute approximate surface area is 177 Å². The number of aryl methyl sites for hydroxylation is 1. The summed E-state index contributed by atoms with van der Waals surface area (Å²) in [5.41, 5.74) is 2.13. The van der Waals surface area contributed by atoms with Crippen LogP contribution in [0.4, 0.5) is 10.1 Å². The highest BCUT2D eigenvalue weighted by Gasteiger charge is 2.25. The molecule has 0 radical (unpaired) electrons. The van der Waals surface area contributed by atoms with E-state index in [0.29, 0.717) is 26.1 Å². The van der Waals surface area contributed by atoms with Crippen LogP contribution >= 0.6 is 0 Å². The van der Waals surface area contributed by atoms with Crippen LogP contribution in [0.15, 0.2) is 42.5 Å². The van der Waals surface area contributed by atoms with E-state index in [4.69, 9.17) is 9.47 Å². The van der Waals surface area contributed by atoms with Crippen LogP contribution in [0.5, 0.6) is 11.5 Å². The van der Waals surface area contributed by atoms with E-state index in [9.17, 15) is 9.18 Å². The predicted octanol–water partition coefficient (Wildman–Crippen LogP) is 4.05. The summed E-state index contributed by atoms with van der Waals surface area (Å²) in [5, 5.41) is 0. The molecule has 0 unspecified atom stereocenters. The van der Waals surface area contributed by atoms with Crippen molar-refractivity contribution < 1.29 is 18.7 Å². The van der Waals surface area contributed by atoms with Crippen molar-refractivity contribution in [2.75, 3.05) is 38.3 Å². The van der Waals surface area contributed by atoms with Crippen LogP contribution in [0.1, 0.15) is 31.2 Å². The SMILES string of the molecule is CN(C(=O)CCc1ccc2c(c1)OCCCO2)C1CCN(c2ccc(F)cc2)CC1. The number of piperidine rings is 1. The minimum absolute atomic E-state index is 0.169. The van der Waals surface area contributed by atoms with Gasteiger partial charge in [-0.15, -0.1) is 0 Å². The first-order chi connectivity index (χ1) is 14.6. The highest BCUT2D eigenvalue weighted by atomic mass is 19.1. The van der Waals surface area contributed by atoms with Crippen molar-refractivity contribution in [2.24, 2.45) is 0 Å². The number of fused-ring (bicyclic) bond motifs is 1. The number of halogens is 1. The average molecular weight is 413 g/mol. The maximum absolute atomic E-state index is 13.1. The lowest BCUT2D eigenvalue weighted by Crippen LogP contribution is -2.45. The smallest absolute Gasteiger partial charge is 0.222 e. The van der Waals surface area contributed by atoms with Gasteiger partial charge in [0.2, 0.25) is 5.91 Å². The van der Waals surface area contributed by atoms with Crippen LogP contribution in [-0.2, 0) is 11.2 Å². The third-order valence-electron chi connectivity index (χ3n) is 6.04. The van der Waals surface area contributed by atoms with Gasteiger partial charge >= 0.3 is 0 Å². The van der Waals surface area contributed by atoms with Crippen LogP contribution < -0.4 is 14.4 Å². The number of anilines is 1. The highest BCUT2D eigenvalue weighted by molar-refractivity contribution is 5.76. The monoisotopic (exact) mass is 412 g/mol. The molecule has 4 rings (SSSR count). The number of nitrogens with zero attached hydrogens (tertiary/aromatic N) is 2. The summed E-state index contributed by atoms with van der Waals surface area (Å²) in [6.45, 7) is 3.08. The van der Waals surface area contributed by atoms with Crippen molar-refractivity contribution in [3.05, 3.63) is 53.8 Å². The zero-order valence-corrected chi connectivity index (χ0v) is 17.5. The summed E-state index contributed by atoms with van der Waals surface area (Å²) < 4.78 is 24.5. The Balaban J connectivity index is 1.27. The molecule has 2 aromatic rings. The van der Waals surface area contributed by atoms with Gasteiger partial charge in [-0.05, 0) is 61.2 Å². The molecule has 1 fully saturated rings. The van der Waals surface area contributed by atoms with E-state index in [1.807, 2.05) is 42.3 Å². The lowest BCUT2D eigenvalue weighted by Gasteiger charge is -2.38. The lowest BCUT2D eigenvalue weighted by atomic mass is 10.0. The van der Waals surface area contributed by atoms with Gasteiger partial charge in [0, 0.05) is 44.7 Å². The molecular weight excluding hydrogens is 383 g/mol. The van der Waals surface area contributed by atoms with Crippen molar-refractivity contribution in [3.8, 4) is 11.5 Å². The molecule has 0 N–H and O–H groups in total. The zero-order chi connectivity index (χ0) is 20.9. The van der Waals surface area contributed by atoms with Crippen molar-refractivity contribution in [1.29, 1.82) is 0 Å². The Morgan fingerprint density at radius 2 is 1.77 bits per heavy atom. The quantitative estimate of drug-likeness (QED) is 0.743. The van der Waals surface area contributed by atoms with Gasteiger partial charge in [0.05, 0.1) is 13.2 Å². The number of benzene rings is 2. The van der Waals surface area contributed by atoms with Gasteiger partial charge < -0.3 is 19.3 Å². The number of hydrogen-bond acceptors (Lipinski definition) is 4. The Bertz CT molecular complexity index is 863. The minimum atomic E-state index is -0.215. The second kappa shape index (κ2) is 9.37. The van der Waals surface area contributed by atoms with Crippen molar-refractivity contribution in [1.82, 2.24) is 4.90 Å². The first-order valence-electron chi connectivity index (χ1n) is 10.7. The molecule has 0 atom stereocenters. The fourth-order valence-corrected chi connectivity index (χ4v) is 4.16. The Hall–Kier alpha value is -2.76. The number of carbonyl (C=O) groups excluding carboxylic acids is 1. The second-order valence-electron chi connectivity index (χ2n) is 8.03. The topological polar surface area (TPSA) is 42.0 Å². The van der Waals surface area contributed by atoms with E-state index >= 15 is 0 Å². The van der Waals surface area contributed by atoms with Gasteiger partial charge in [-0.25, -0.2) is 4.39 Å². The molecule has 2 aromatic carbocycles. The van der Waals surface area contributed by atoms with Gasteiger partial charge in [-0.2, -0.15) is 0 Å². The number of ether oxygens (including phenoxy) is 2. The van der Waals surface area contributed by atoms with Crippen molar-refractivity contribution in [2.45, 2.75) is 38.1 Å². The summed E-state index contributed by atoms with van der Waals surface area (Å²) in [6.07, 6.45) is 3.89. The first-order valence-corrected chi connectivity index (χ1v) is 10.7. The van der Waals surface area contributed by atoms with E-state index in [1.165, 1.54) is 12.1 Å². The molecule has 2 aliphatic rings. The van der Waals surface area contributed by atoms with E-state index in [0.717, 1.165) is 55.1 Å². The molecule has 0 aliphatic carbocycles. The number of rotatable bonds is 5. The normalized spacial score (nSPS) is 16.8. The summed E-state index contributed by atoms with van der Waals surface area (Å²) >= 11 is 0. The Kier molecular flexibility index (Phi) is 6.41. The van der Waals surface area contributed by atoms with Gasteiger partial charge in [-0.3, -0.25) is 4.79 Å². The summed E-state index contributed by atoms with van der Waals surface area (Å²) in [7, 11) is 1.91. The largest absolute Gasteiger partial charge is 0.490 e. The fourth-order valence-electron chi connectivity index (χ4n) is 4.16. The third kappa shape index (κ3) is 4.86. The number of amides is 1. The average Bonchev–Trinajstić information content (AvgIpc) is 3.02. The Morgan fingerprint density at radius 3 is 2.50 bits per heavy atom. The summed E-state index contributed by atoms with van der Waals surface area (Å²) in [6, 6.07) is 12.8. The minimum Gasteiger partial charge on any atom is -0.490 e. The summed E-state index contributed by atoms with van der Waals surface area (Å²) in [4.78, 5) is 16.9. The van der Waals surface area contributed by atoms with Crippen LogP contribution in [0, 0.1) is 5.82 Å². The Morgan fingerprint density at radius 1 is 1.07 bits per heavy atom. The van der Waals surface area contributed by atoms with Crippen molar-refractivity contribution in [3.63, 3.8) is 0 Å². The molecule has 0 bridgehead atoms. The van der Waals surface area contributed by atoms with E-state index in [1.54, 1.807) is 0 Å². The third-order valence-corrected chi connectivity index (χ3v) is 6.04. The molecule has 30 heavy (non-hydrogen) atoms. The standard InChI is InChI=1S/C24H29FN2O3/c1-26(20-11-13-27(14-12-20)21-7-5-19(25)6-8-21)24(28)10-4-18-3-9-22-23(17-18)30-16-2-15-29-22/h3,5-9,17,20H,2,4,10-16H2,1H3. The molecule has 0 aromatic heterocycles. The lowest BCUT2D eigenvalue weighted by molar-refractivity contribution is -0.132. The molecule has 0 spiro atoms. The zero-order valence-electron chi connectivity index (χ0n) is 17.5. The van der Waals surface area contributed by atoms with E-state index in [-0.39, 0.29) is 17.8 Å².